The predicted molar refractivity (Wildman–Crippen MR) is 83.2 cm³/mol. The SMILES string of the molecule is CC(Cc1cccs1)N(C)Cc1cnc(Cl)cc1Cl. The highest BCUT2D eigenvalue weighted by atomic mass is 35.5. The quantitative estimate of drug-likeness (QED) is 0.755. The number of aromatic nitrogens is 1. The molecule has 102 valence electrons. The number of nitrogens with zero attached hydrogens (tertiary/aromatic N) is 2. The molecule has 0 aromatic carbocycles. The van der Waals surface area contributed by atoms with E-state index in [0.717, 1.165) is 18.5 Å². The van der Waals surface area contributed by atoms with Crippen LogP contribution < -0.4 is 0 Å². The Morgan fingerprint density at radius 1 is 1.42 bits per heavy atom. The lowest BCUT2D eigenvalue weighted by Gasteiger charge is -2.24. The lowest BCUT2D eigenvalue weighted by Crippen LogP contribution is -2.30. The summed E-state index contributed by atoms with van der Waals surface area (Å²) >= 11 is 13.8. The summed E-state index contributed by atoms with van der Waals surface area (Å²) in [4.78, 5) is 7.76. The number of rotatable bonds is 5. The third-order valence-electron chi connectivity index (χ3n) is 3.15. The van der Waals surface area contributed by atoms with Crippen LogP contribution in [0.4, 0.5) is 0 Å². The molecule has 0 saturated carbocycles. The minimum atomic E-state index is 0.433. The van der Waals surface area contributed by atoms with Gasteiger partial charge in [-0.05, 0) is 37.9 Å². The molecule has 0 N–H and O–H groups in total. The van der Waals surface area contributed by atoms with Crippen LogP contribution in [0, 0.1) is 0 Å². The van der Waals surface area contributed by atoms with E-state index in [4.69, 9.17) is 23.2 Å². The van der Waals surface area contributed by atoms with E-state index >= 15 is 0 Å². The average Bonchev–Trinajstić information content (AvgIpc) is 2.85. The highest BCUT2D eigenvalue weighted by Crippen LogP contribution is 2.21. The van der Waals surface area contributed by atoms with Crippen LogP contribution in [0.25, 0.3) is 0 Å². The molecule has 1 atom stereocenters. The predicted octanol–water partition coefficient (Wildman–Crippen LogP) is 4.51. The van der Waals surface area contributed by atoms with Gasteiger partial charge in [-0.3, -0.25) is 4.90 Å². The summed E-state index contributed by atoms with van der Waals surface area (Å²) < 4.78 is 0. The summed E-state index contributed by atoms with van der Waals surface area (Å²) in [7, 11) is 2.10. The fraction of sp³-hybridized carbons (Fsp3) is 0.357. The second-order valence-corrected chi connectivity index (χ2v) is 6.47. The highest BCUT2D eigenvalue weighted by molar-refractivity contribution is 7.09. The van der Waals surface area contributed by atoms with Gasteiger partial charge < -0.3 is 0 Å². The molecule has 0 aliphatic carbocycles. The third kappa shape index (κ3) is 4.18. The third-order valence-corrected chi connectivity index (χ3v) is 4.60. The van der Waals surface area contributed by atoms with E-state index in [9.17, 15) is 0 Å². The number of halogens is 2. The summed E-state index contributed by atoms with van der Waals surface area (Å²) in [5.74, 6) is 0. The summed E-state index contributed by atoms with van der Waals surface area (Å²) in [6.07, 6.45) is 2.80. The van der Waals surface area contributed by atoms with Crippen LogP contribution in [0.1, 0.15) is 17.4 Å². The molecule has 0 fully saturated rings. The average molecular weight is 315 g/mol. The van der Waals surface area contributed by atoms with E-state index in [2.05, 4.69) is 41.4 Å². The molecular weight excluding hydrogens is 299 g/mol. The molecule has 2 aromatic heterocycles. The molecule has 2 nitrogen and oxygen atoms in total. The lowest BCUT2D eigenvalue weighted by molar-refractivity contribution is 0.249. The largest absolute Gasteiger partial charge is 0.299 e. The Hall–Kier alpha value is -0.610. The van der Waals surface area contributed by atoms with Crippen molar-refractivity contribution in [2.24, 2.45) is 0 Å². The number of hydrogen-bond donors (Lipinski definition) is 0. The fourth-order valence-electron chi connectivity index (χ4n) is 1.85. The van der Waals surface area contributed by atoms with Gasteiger partial charge in [0.1, 0.15) is 5.15 Å². The fourth-order valence-corrected chi connectivity index (χ4v) is 3.10. The van der Waals surface area contributed by atoms with Crippen molar-refractivity contribution >= 4 is 34.5 Å². The van der Waals surface area contributed by atoms with Gasteiger partial charge in [-0.15, -0.1) is 11.3 Å². The Kier molecular flexibility index (Phi) is 5.22. The van der Waals surface area contributed by atoms with Crippen LogP contribution in [0.5, 0.6) is 0 Å². The first-order chi connectivity index (χ1) is 9.06. The molecular formula is C14H16Cl2N2S. The van der Waals surface area contributed by atoms with Crippen LogP contribution >= 0.6 is 34.5 Å². The normalized spacial score (nSPS) is 12.9. The molecule has 0 radical (unpaired) electrons. The van der Waals surface area contributed by atoms with Gasteiger partial charge in [0.2, 0.25) is 0 Å². The van der Waals surface area contributed by atoms with E-state index in [-0.39, 0.29) is 0 Å². The van der Waals surface area contributed by atoms with E-state index in [0.29, 0.717) is 16.2 Å². The molecule has 0 aliphatic heterocycles. The highest BCUT2D eigenvalue weighted by Gasteiger charge is 2.13. The van der Waals surface area contributed by atoms with Crippen molar-refractivity contribution in [3.63, 3.8) is 0 Å². The first-order valence-electron chi connectivity index (χ1n) is 6.09. The van der Waals surface area contributed by atoms with Crippen LogP contribution in [0.2, 0.25) is 10.2 Å². The zero-order valence-corrected chi connectivity index (χ0v) is 13.3. The summed E-state index contributed by atoms with van der Waals surface area (Å²) in [6.45, 7) is 2.99. The molecule has 1 unspecified atom stereocenters. The standard InChI is InChI=1S/C14H16Cl2N2S/c1-10(6-12-4-3-5-19-12)18(2)9-11-8-17-14(16)7-13(11)15/h3-5,7-8,10H,6,9H2,1-2H3. The number of hydrogen-bond acceptors (Lipinski definition) is 3. The molecule has 0 aliphatic rings. The molecule has 2 heterocycles. The Bertz CT molecular complexity index is 528. The lowest BCUT2D eigenvalue weighted by atomic mass is 10.1. The minimum Gasteiger partial charge on any atom is -0.299 e. The first-order valence-corrected chi connectivity index (χ1v) is 7.72. The molecule has 0 spiro atoms. The van der Waals surface area contributed by atoms with E-state index in [1.54, 1.807) is 23.6 Å². The van der Waals surface area contributed by atoms with Crippen molar-refractivity contribution in [1.82, 2.24) is 9.88 Å². The van der Waals surface area contributed by atoms with E-state index in [1.165, 1.54) is 4.88 Å². The second kappa shape index (κ2) is 6.71. The van der Waals surface area contributed by atoms with Gasteiger partial charge in [0, 0.05) is 34.2 Å². The molecule has 2 aromatic rings. The van der Waals surface area contributed by atoms with Crippen LogP contribution in [0.15, 0.2) is 29.8 Å². The van der Waals surface area contributed by atoms with Gasteiger partial charge in [-0.1, -0.05) is 29.3 Å². The van der Waals surface area contributed by atoms with Crippen LogP contribution in [0.3, 0.4) is 0 Å². The maximum absolute atomic E-state index is 6.17. The van der Waals surface area contributed by atoms with Crippen molar-refractivity contribution in [3.8, 4) is 0 Å². The molecule has 19 heavy (non-hydrogen) atoms. The Labute approximate surface area is 128 Å². The number of pyridine rings is 1. The minimum absolute atomic E-state index is 0.433. The Balaban J connectivity index is 1.98. The van der Waals surface area contributed by atoms with E-state index in [1.807, 2.05) is 0 Å². The van der Waals surface area contributed by atoms with Crippen molar-refractivity contribution < 1.29 is 0 Å². The zero-order valence-electron chi connectivity index (χ0n) is 10.9. The molecule has 0 saturated heterocycles. The maximum atomic E-state index is 6.17. The monoisotopic (exact) mass is 314 g/mol. The number of likely N-dealkylation sites (N-methyl/N-ethyl adjacent to an activating group) is 1. The Morgan fingerprint density at radius 2 is 2.21 bits per heavy atom. The number of thiophene rings is 1. The molecule has 2 rings (SSSR count). The van der Waals surface area contributed by atoms with Crippen LogP contribution in [-0.2, 0) is 13.0 Å². The van der Waals surface area contributed by atoms with Gasteiger partial charge in [0.15, 0.2) is 0 Å². The smallest absolute Gasteiger partial charge is 0.130 e. The first kappa shape index (κ1) is 14.8. The van der Waals surface area contributed by atoms with Crippen molar-refractivity contribution in [2.75, 3.05) is 7.05 Å². The van der Waals surface area contributed by atoms with Crippen molar-refractivity contribution in [2.45, 2.75) is 25.9 Å². The Morgan fingerprint density at radius 3 is 2.84 bits per heavy atom. The molecule has 0 amide bonds. The maximum Gasteiger partial charge on any atom is 0.130 e. The van der Waals surface area contributed by atoms with Gasteiger partial charge >= 0.3 is 0 Å². The second-order valence-electron chi connectivity index (χ2n) is 4.65. The summed E-state index contributed by atoms with van der Waals surface area (Å²) in [6, 6.07) is 6.40. The molecule has 0 bridgehead atoms. The zero-order chi connectivity index (χ0) is 13.8. The van der Waals surface area contributed by atoms with Crippen molar-refractivity contribution in [1.29, 1.82) is 0 Å². The van der Waals surface area contributed by atoms with E-state index < -0.39 is 0 Å². The van der Waals surface area contributed by atoms with Gasteiger partial charge in [-0.25, -0.2) is 4.98 Å². The summed E-state index contributed by atoms with van der Waals surface area (Å²) in [5, 5.41) is 3.22. The van der Waals surface area contributed by atoms with Crippen LogP contribution in [-0.4, -0.2) is 23.0 Å². The van der Waals surface area contributed by atoms with Gasteiger partial charge in [-0.2, -0.15) is 0 Å². The molecule has 5 heteroatoms. The van der Waals surface area contributed by atoms with Gasteiger partial charge in [0.25, 0.3) is 0 Å². The van der Waals surface area contributed by atoms with Gasteiger partial charge in [0.05, 0.1) is 0 Å². The topological polar surface area (TPSA) is 16.1 Å². The van der Waals surface area contributed by atoms with Crippen molar-refractivity contribution in [3.05, 3.63) is 50.4 Å². The summed E-state index contributed by atoms with van der Waals surface area (Å²) in [5.41, 5.74) is 1.01.